The predicted octanol–water partition coefficient (Wildman–Crippen LogP) is 2.46. The molecular weight excluding hydrogens is 224 g/mol. The molecule has 0 aliphatic carbocycles. The van der Waals surface area contributed by atoms with E-state index in [1.807, 2.05) is 6.20 Å². The van der Waals surface area contributed by atoms with Crippen LogP contribution in [0.5, 0.6) is 0 Å². The van der Waals surface area contributed by atoms with E-state index >= 15 is 0 Å². The van der Waals surface area contributed by atoms with Gasteiger partial charge in [-0.05, 0) is 39.5 Å². The smallest absolute Gasteiger partial charge is 0.0280 e. The number of nitrogens with one attached hydrogen (secondary N) is 1. The van der Waals surface area contributed by atoms with Gasteiger partial charge in [-0.25, -0.2) is 0 Å². The first kappa shape index (κ1) is 17.3. The minimum absolute atomic E-state index is 0. The molecule has 1 aliphatic rings. The van der Waals surface area contributed by atoms with Gasteiger partial charge in [-0.15, -0.1) is 0 Å². The quantitative estimate of drug-likeness (QED) is 0.725. The Morgan fingerprint density at radius 3 is 2.17 bits per heavy atom. The van der Waals surface area contributed by atoms with E-state index in [4.69, 9.17) is 5.73 Å². The maximum absolute atomic E-state index is 5.92. The number of likely N-dealkylation sites (tertiary alicyclic amines) is 1. The van der Waals surface area contributed by atoms with E-state index < -0.39 is 0 Å². The van der Waals surface area contributed by atoms with Gasteiger partial charge < -0.3 is 17.2 Å². The molecule has 0 amide bonds. The van der Waals surface area contributed by atoms with E-state index in [0.29, 0.717) is 17.5 Å². The molecule has 0 aromatic carbocycles. The van der Waals surface area contributed by atoms with Crippen molar-refractivity contribution in [3.8, 4) is 0 Å². The normalized spacial score (nSPS) is 19.8. The predicted molar refractivity (Wildman–Crippen MR) is 79.6 cm³/mol. The molecule has 4 nitrogen and oxygen atoms in total. The second-order valence-electron chi connectivity index (χ2n) is 6.40. The summed E-state index contributed by atoms with van der Waals surface area (Å²) in [5, 5.41) is 3.46. The molecule has 0 atom stereocenters. The lowest BCUT2D eigenvalue weighted by Gasteiger charge is -2.41. The number of nitrogens with zero attached hydrogens (tertiary/aromatic N) is 1. The maximum atomic E-state index is 5.92. The topological polar surface area (TPSA) is 76.3 Å². The molecule has 4 heteroatoms. The Morgan fingerprint density at radius 2 is 1.78 bits per heavy atom. The number of allylic oxidation sites excluding steroid dienone is 1. The van der Waals surface area contributed by atoms with Gasteiger partial charge in [0, 0.05) is 36.6 Å². The van der Waals surface area contributed by atoms with Crippen molar-refractivity contribution in [1.29, 1.82) is 0 Å². The Kier molecular flexibility index (Phi) is 6.71. The SMILES string of the molecule is CC(C)/C(N)=C/NC1CCN(C(C)(C)C)CC1.N. The minimum Gasteiger partial charge on any atom is -0.401 e. The zero-order valence-electron chi connectivity index (χ0n) is 12.8. The number of rotatable bonds is 3. The van der Waals surface area contributed by atoms with Crippen molar-refractivity contribution in [2.75, 3.05) is 13.1 Å². The number of piperidine rings is 1. The summed E-state index contributed by atoms with van der Waals surface area (Å²) in [6, 6.07) is 0.589. The van der Waals surface area contributed by atoms with E-state index in [-0.39, 0.29) is 6.15 Å². The molecular formula is C14H32N4. The number of hydrogen-bond acceptors (Lipinski definition) is 4. The lowest BCUT2D eigenvalue weighted by molar-refractivity contribution is 0.0988. The first-order valence-corrected chi connectivity index (χ1v) is 6.77. The highest BCUT2D eigenvalue weighted by atomic mass is 15.2. The van der Waals surface area contributed by atoms with Gasteiger partial charge in [-0.2, -0.15) is 0 Å². The van der Waals surface area contributed by atoms with Crippen molar-refractivity contribution in [2.24, 2.45) is 11.7 Å². The van der Waals surface area contributed by atoms with Crippen molar-refractivity contribution < 1.29 is 0 Å². The molecule has 0 bridgehead atoms. The summed E-state index contributed by atoms with van der Waals surface area (Å²) >= 11 is 0. The van der Waals surface area contributed by atoms with Crippen molar-refractivity contribution >= 4 is 0 Å². The van der Waals surface area contributed by atoms with E-state index in [2.05, 4.69) is 44.8 Å². The molecule has 0 spiro atoms. The third-order valence-corrected chi connectivity index (χ3v) is 3.60. The van der Waals surface area contributed by atoms with Gasteiger partial charge in [-0.3, -0.25) is 4.90 Å². The number of hydrogen-bond donors (Lipinski definition) is 3. The lowest BCUT2D eigenvalue weighted by Crippen LogP contribution is -2.49. The molecule has 6 N–H and O–H groups in total. The molecule has 0 aromatic rings. The first-order valence-electron chi connectivity index (χ1n) is 6.77. The van der Waals surface area contributed by atoms with Crippen LogP contribution in [0.15, 0.2) is 11.9 Å². The van der Waals surface area contributed by atoms with Crippen molar-refractivity contribution in [2.45, 2.75) is 59.0 Å². The van der Waals surface area contributed by atoms with Gasteiger partial charge in [0.05, 0.1) is 0 Å². The van der Waals surface area contributed by atoms with Crippen LogP contribution < -0.4 is 17.2 Å². The second kappa shape index (κ2) is 7.00. The fourth-order valence-corrected chi connectivity index (χ4v) is 2.10. The van der Waals surface area contributed by atoms with Crippen LogP contribution in [0, 0.1) is 5.92 Å². The fraction of sp³-hybridized carbons (Fsp3) is 0.857. The van der Waals surface area contributed by atoms with Gasteiger partial charge in [0.15, 0.2) is 0 Å². The van der Waals surface area contributed by atoms with E-state index in [0.717, 1.165) is 5.70 Å². The Hall–Kier alpha value is -0.740. The zero-order chi connectivity index (χ0) is 13.1. The van der Waals surface area contributed by atoms with E-state index in [1.54, 1.807) is 0 Å². The molecule has 0 aromatic heterocycles. The van der Waals surface area contributed by atoms with Crippen molar-refractivity contribution in [3.05, 3.63) is 11.9 Å². The monoisotopic (exact) mass is 256 g/mol. The van der Waals surface area contributed by atoms with E-state index in [9.17, 15) is 0 Å². The van der Waals surface area contributed by atoms with Crippen LogP contribution in [0.25, 0.3) is 0 Å². The van der Waals surface area contributed by atoms with Gasteiger partial charge in [0.2, 0.25) is 0 Å². The van der Waals surface area contributed by atoms with Crippen LogP contribution >= 0.6 is 0 Å². The summed E-state index contributed by atoms with van der Waals surface area (Å²) in [6.45, 7) is 13.5. The van der Waals surface area contributed by atoms with Crippen molar-refractivity contribution in [3.63, 3.8) is 0 Å². The Morgan fingerprint density at radius 1 is 1.28 bits per heavy atom. The average molecular weight is 256 g/mol. The zero-order valence-corrected chi connectivity index (χ0v) is 12.8. The highest BCUT2D eigenvalue weighted by Crippen LogP contribution is 2.20. The summed E-state index contributed by atoms with van der Waals surface area (Å²) in [5.74, 6) is 0.428. The summed E-state index contributed by atoms with van der Waals surface area (Å²) in [6.07, 6.45) is 4.42. The Balaban J connectivity index is 0.00000289. The molecule has 0 saturated carbocycles. The van der Waals surface area contributed by atoms with Crippen LogP contribution in [-0.4, -0.2) is 29.6 Å². The van der Waals surface area contributed by atoms with Crippen LogP contribution in [0.3, 0.4) is 0 Å². The molecule has 0 radical (unpaired) electrons. The molecule has 1 fully saturated rings. The molecule has 1 rings (SSSR count). The summed E-state index contributed by atoms with van der Waals surface area (Å²) in [7, 11) is 0. The molecule has 1 heterocycles. The third kappa shape index (κ3) is 5.27. The maximum Gasteiger partial charge on any atom is 0.0280 e. The Labute approximate surface area is 113 Å². The minimum atomic E-state index is 0. The highest BCUT2D eigenvalue weighted by molar-refractivity contribution is 4.99. The van der Waals surface area contributed by atoms with Gasteiger partial charge >= 0.3 is 0 Å². The van der Waals surface area contributed by atoms with Gasteiger partial charge in [0.1, 0.15) is 0 Å². The largest absolute Gasteiger partial charge is 0.401 e. The molecule has 1 aliphatic heterocycles. The van der Waals surface area contributed by atoms with Crippen LogP contribution in [-0.2, 0) is 0 Å². The van der Waals surface area contributed by atoms with Gasteiger partial charge in [0.25, 0.3) is 0 Å². The van der Waals surface area contributed by atoms with Crippen molar-refractivity contribution in [1.82, 2.24) is 16.4 Å². The first-order chi connectivity index (χ1) is 7.80. The summed E-state index contributed by atoms with van der Waals surface area (Å²) in [5.41, 5.74) is 7.17. The highest BCUT2D eigenvalue weighted by Gasteiger charge is 2.26. The summed E-state index contributed by atoms with van der Waals surface area (Å²) < 4.78 is 0. The Bertz CT molecular complexity index is 257. The molecule has 108 valence electrons. The standard InChI is InChI=1S/C14H29N3.H3N/c1-11(2)13(15)10-16-12-6-8-17(9-7-12)14(3,4)5;/h10-12,16H,6-9,15H2,1-5H3;1H3/b13-10-;. The average Bonchev–Trinajstić information content (AvgIpc) is 2.25. The number of nitrogens with two attached hydrogens (primary N) is 1. The van der Waals surface area contributed by atoms with Gasteiger partial charge in [-0.1, -0.05) is 13.8 Å². The third-order valence-electron chi connectivity index (χ3n) is 3.60. The lowest BCUT2D eigenvalue weighted by atomic mass is 9.98. The van der Waals surface area contributed by atoms with Crippen LogP contribution in [0.4, 0.5) is 0 Å². The molecule has 18 heavy (non-hydrogen) atoms. The molecule has 1 saturated heterocycles. The fourth-order valence-electron chi connectivity index (χ4n) is 2.10. The summed E-state index contributed by atoms with van der Waals surface area (Å²) in [4.78, 5) is 2.56. The second-order valence-corrected chi connectivity index (χ2v) is 6.40. The molecule has 0 unspecified atom stereocenters. The van der Waals surface area contributed by atoms with Crippen LogP contribution in [0.1, 0.15) is 47.5 Å². The van der Waals surface area contributed by atoms with E-state index in [1.165, 1.54) is 25.9 Å². The van der Waals surface area contributed by atoms with Crippen LogP contribution in [0.2, 0.25) is 0 Å².